The Morgan fingerprint density at radius 1 is 1.12 bits per heavy atom. The first kappa shape index (κ1) is 20.2. The summed E-state index contributed by atoms with van der Waals surface area (Å²) in [5.41, 5.74) is 5.16. The van der Waals surface area contributed by atoms with Crippen LogP contribution in [0.4, 0.5) is 11.5 Å². The highest BCUT2D eigenvalue weighted by Crippen LogP contribution is 2.28. The van der Waals surface area contributed by atoms with E-state index >= 15 is 0 Å². The summed E-state index contributed by atoms with van der Waals surface area (Å²) in [5, 5.41) is 22.4. The van der Waals surface area contributed by atoms with Gasteiger partial charge in [0.15, 0.2) is 0 Å². The van der Waals surface area contributed by atoms with E-state index in [1.165, 1.54) is 5.56 Å². The summed E-state index contributed by atoms with van der Waals surface area (Å²) in [6.07, 6.45) is 7.42. The van der Waals surface area contributed by atoms with Crippen molar-refractivity contribution in [2.75, 3.05) is 25.5 Å². The van der Waals surface area contributed by atoms with Crippen LogP contribution < -0.4 is 5.32 Å². The molecule has 0 bridgehead atoms. The normalized spacial score (nSPS) is 13.0. The largest absolute Gasteiger partial charge is 0.395 e. The molecule has 0 saturated heterocycles. The number of fused-ring (bicyclic) bond motifs is 2. The third-order valence-corrected chi connectivity index (χ3v) is 5.65. The zero-order valence-electron chi connectivity index (χ0n) is 17.9. The minimum absolute atomic E-state index is 0.0993. The number of aliphatic hydroxyl groups is 1. The molecular formula is C24H25N7O. The highest BCUT2D eigenvalue weighted by molar-refractivity contribution is 5.83. The number of hydrazine groups is 1. The Hall–Kier alpha value is -3.75. The summed E-state index contributed by atoms with van der Waals surface area (Å²) < 4.78 is 2.01. The van der Waals surface area contributed by atoms with Crippen LogP contribution in [0.15, 0.2) is 67.3 Å². The molecule has 2 N–H and O–H groups in total. The highest BCUT2D eigenvalue weighted by atomic mass is 16.3. The van der Waals surface area contributed by atoms with Crippen LogP contribution in [0.2, 0.25) is 0 Å². The van der Waals surface area contributed by atoms with Crippen molar-refractivity contribution in [1.82, 2.24) is 29.8 Å². The molecule has 2 aromatic carbocycles. The molecule has 162 valence electrons. The van der Waals surface area contributed by atoms with E-state index in [0.717, 1.165) is 40.2 Å². The molecule has 2 aromatic heterocycles. The standard InChI is InChI=1S/C24H25N7O/c1-29(11-12-32)30-10-9-22-21(16-30)24(26-17-25-22)28-20-7-8-23-19(13-20)14-27-31(23)15-18-5-3-2-4-6-18/h2-10,13-14,17,32H,11-12,15-16H2,1H3,(H,25,26,28). The molecule has 0 unspecified atom stereocenters. The third kappa shape index (κ3) is 4.05. The molecule has 0 atom stereocenters. The predicted octanol–water partition coefficient (Wildman–Crippen LogP) is 3.24. The second kappa shape index (κ2) is 8.78. The molecule has 3 heterocycles. The van der Waals surface area contributed by atoms with Crippen LogP contribution in [0.5, 0.6) is 0 Å². The number of benzene rings is 2. The Morgan fingerprint density at radius 3 is 2.84 bits per heavy atom. The Morgan fingerprint density at radius 2 is 2.00 bits per heavy atom. The number of anilines is 2. The van der Waals surface area contributed by atoms with Gasteiger partial charge in [0.2, 0.25) is 0 Å². The molecule has 32 heavy (non-hydrogen) atoms. The third-order valence-electron chi connectivity index (χ3n) is 5.65. The molecule has 5 rings (SSSR count). The van der Waals surface area contributed by atoms with E-state index in [1.807, 2.05) is 64.5 Å². The monoisotopic (exact) mass is 427 g/mol. The van der Waals surface area contributed by atoms with Gasteiger partial charge in [-0.2, -0.15) is 5.10 Å². The van der Waals surface area contributed by atoms with Crippen molar-refractivity contribution in [2.24, 2.45) is 0 Å². The van der Waals surface area contributed by atoms with Crippen molar-refractivity contribution in [1.29, 1.82) is 0 Å². The second-order valence-electron chi connectivity index (χ2n) is 7.79. The van der Waals surface area contributed by atoms with Crippen molar-refractivity contribution in [2.45, 2.75) is 13.1 Å². The smallest absolute Gasteiger partial charge is 0.139 e. The lowest BCUT2D eigenvalue weighted by Crippen LogP contribution is -2.38. The number of nitrogens with zero attached hydrogens (tertiary/aromatic N) is 6. The van der Waals surface area contributed by atoms with Crippen LogP contribution >= 0.6 is 0 Å². The van der Waals surface area contributed by atoms with Crippen LogP contribution in [0.25, 0.3) is 17.0 Å². The zero-order chi connectivity index (χ0) is 21.9. The van der Waals surface area contributed by atoms with E-state index in [9.17, 15) is 5.11 Å². The Bertz CT molecular complexity index is 1250. The first-order valence-corrected chi connectivity index (χ1v) is 10.6. The Kier molecular flexibility index (Phi) is 5.53. The van der Waals surface area contributed by atoms with E-state index in [2.05, 4.69) is 44.6 Å². The minimum atomic E-state index is 0.0993. The molecular weight excluding hydrogens is 402 g/mol. The molecule has 1 aliphatic rings. The average molecular weight is 428 g/mol. The number of hydrogen-bond donors (Lipinski definition) is 2. The highest BCUT2D eigenvalue weighted by Gasteiger charge is 2.19. The van der Waals surface area contributed by atoms with Gasteiger partial charge in [-0.15, -0.1) is 0 Å². The van der Waals surface area contributed by atoms with E-state index in [4.69, 9.17) is 0 Å². The van der Waals surface area contributed by atoms with Crippen molar-refractivity contribution < 1.29 is 5.11 Å². The molecule has 0 fully saturated rings. The van der Waals surface area contributed by atoms with Gasteiger partial charge in [0.05, 0.1) is 37.1 Å². The summed E-state index contributed by atoms with van der Waals surface area (Å²) in [6.45, 7) is 2.02. The molecule has 0 aliphatic carbocycles. The number of aromatic nitrogens is 4. The summed E-state index contributed by atoms with van der Waals surface area (Å²) in [6, 6.07) is 16.6. The van der Waals surface area contributed by atoms with Crippen molar-refractivity contribution >= 4 is 28.5 Å². The molecule has 1 aliphatic heterocycles. The SMILES string of the molecule is CN(CCO)N1C=Cc2ncnc(Nc3ccc4c(cnn4Cc4ccccc4)c3)c2C1. The molecule has 4 aromatic rings. The summed E-state index contributed by atoms with van der Waals surface area (Å²) in [7, 11) is 1.95. The van der Waals surface area contributed by atoms with Crippen molar-refractivity contribution in [3.05, 3.63) is 84.1 Å². The number of nitrogens with one attached hydrogen (secondary N) is 1. The quantitative estimate of drug-likeness (QED) is 0.469. The maximum Gasteiger partial charge on any atom is 0.139 e. The van der Waals surface area contributed by atoms with Crippen LogP contribution in [0, 0.1) is 0 Å². The molecule has 0 amide bonds. The fourth-order valence-corrected chi connectivity index (χ4v) is 3.90. The van der Waals surface area contributed by atoms with Crippen LogP contribution in [-0.2, 0) is 13.1 Å². The van der Waals surface area contributed by atoms with Gasteiger partial charge < -0.3 is 15.4 Å². The molecule has 8 nitrogen and oxygen atoms in total. The Labute approximate surface area is 186 Å². The number of rotatable bonds is 7. The van der Waals surface area contributed by atoms with Crippen LogP contribution in [-0.4, -0.2) is 55.1 Å². The Balaban J connectivity index is 1.38. The number of likely N-dealkylation sites (N-methyl/N-ethyl adjacent to an activating group) is 1. The van der Waals surface area contributed by atoms with Gasteiger partial charge >= 0.3 is 0 Å². The van der Waals surface area contributed by atoms with Crippen molar-refractivity contribution in [3.8, 4) is 0 Å². The summed E-state index contributed by atoms with van der Waals surface area (Å²) in [5.74, 6) is 0.776. The first-order chi connectivity index (χ1) is 15.7. The predicted molar refractivity (Wildman–Crippen MR) is 125 cm³/mol. The number of aliphatic hydroxyl groups excluding tert-OH is 1. The van der Waals surface area contributed by atoms with Crippen molar-refractivity contribution in [3.63, 3.8) is 0 Å². The van der Waals surface area contributed by atoms with Gasteiger partial charge in [0, 0.05) is 36.4 Å². The van der Waals surface area contributed by atoms with Gasteiger partial charge in [-0.3, -0.25) is 4.68 Å². The minimum Gasteiger partial charge on any atom is -0.395 e. The lowest BCUT2D eigenvalue weighted by Gasteiger charge is -2.33. The maximum atomic E-state index is 9.25. The van der Waals surface area contributed by atoms with E-state index in [0.29, 0.717) is 13.1 Å². The average Bonchev–Trinajstić information content (AvgIpc) is 3.22. The molecule has 0 saturated carbocycles. The fourth-order valence-electron chi connectivity index (χ4n) is 3.90. The zero-order valence-corrected chi connectivity index (χ0v) is 17.9. The first-order valence-electron chi connectivity index (χ1n) is 10.6. The lowest BCUT2D eigenvalue weighted by atomic mass is 10.1. The summed E-state index contributed by atoms with van der Waals surface area (Å²) >= 11 is 0. The van der Waals surface area contributed by atoms with Crippen LogP contribution in [0.3, 0.4) is 0 Å². The van der Waals surface area contributed by atoms with Gasteiger partial charge in [0.25, 0.3) is 0 Å². The van der Waals surface area contributed by atoms with Gasteiger partial charge in [-0.1, -0.05) is 30.3 Å². The lowest BCUT2D eigenvalue weighted by molar-refractivity contribution is 0.0267. The van der Waals surface area contributed by atoms with E-state index in [-0.39, 0.29) is 6.61 Å². The van der Waals surface area contributed by atoms with Gasteiger partial charge in [-0.25, -0.2) is 15.0 Å². The van der Waals surface area contributed by atoms with E-state index in [1.54, 1.807) is 6.33 Å². The van der Waals surface area contributed by atoms with Gasteiger partial charge in [-0.05, 0) is 29.8 Å². The summed E-state index contributed by atoms with van der Waals surface area (Å²) in [4.78, 5) is 8.91. The van der Waals surface area contributed by atoms with Crippen LogP contribution in [0.1, 0.15) is 16.8 Å². The molecule has 0 radical (unpaired) electrons. The fraction of sp³-hybridized carbons (Fsp3) is 0.208. The van der Waals surface area contributed by atoms with Gasteiger partial charge in [0.1, 0.15) is 12.1 Å². The maximum absolute atomic E-state index is 9.25. The number of hydrogen-bond acceptors (Lipinski definition) is 7. The second-order valence-corrected chi connectivity index (χ2v) is 7.79. The topological polar surface area (TPSA) is 82.3 Å². The molecule has 0 spiro atoms. The molecule has 8 heteroatoms. The van der Waals surface area contributed by atoms with E-state index < -0.39 is 0 Å².